The number of rotatable bonds is 8. The van der Waals surface area contributed by atoms with E-state index in [4.69, 9.17) is 24.9 Å². The first-order valence-electron chi connectivity index (χ1n) is 40.5. The van der Waals surface area contributed by atoms with Crippen molar-refractivity contribution in [2.45, 2.75) is 64.2 Å². The van der Waals surface area contributed by atoms with E-state index in [1.54, 1.807) is 6.33 Å². The maximum Gasteiger partial charge on any atom is 0.164 e. The summed E-state index contributed by atoms with van der Waals surface area (Å²) in [5.74, 6) is 1.96. The summed E-state index contributed by atoms with van der Waals surface area (Å²) in [6.07, 6.45) is 5.43. The van der Waals surface area contributed by atoms with Gasteiger partial charge in [-0.2, -0.15) is 0 Å². The molecule has 0 amide bonds. The predicted octanol–water partition coefficient (Wildman–Crippen LogP) is 26.5. The lowest BCUT2D eigenvalue weighted by Crippen LogP contribution is -2.18. The average molecular weight is 1480 g/mol. The minimum absolute atomic E-state index is 0.226. The standard InChI is InChI=1S/C55H39N3.C54H38N4/c1-55(2)46-26-13-11-24-42(46)49-44-31-39-28-36-20-9-10-21-37(36)29-40(39)32-45(44)50-43-25-12-14-27-47(43)58(54(50)51(49)55)41-23-15-22-38(30-41)48-52(34-16-5-3-6-17-34)56-33-57-53(48)35-18-7-4-8-19-35;1-54(2)45-26-13-11-24-41(45)47-43-31-38-28-35-20-9-10-21-36(35)29-39(38)32-44(43)48-42-25-12-14-27-46(42)58(50(48)49(47)54)40-23-15-22-37(30-40)53-56-51(33-16-5-3-6-17-33)55-52(57-53)34-18-7-4-8-19-34/h3-27,30-33H,28-29H2,1-2H3;3-30H,31-32H2,1-2H3. The monoisotopic (exact) mass is 1480 g/mol. The Balaban J connectivity index is 0.000000137. The normalized spacial score (nSPS) is 13.7. The third-order valence-corrected chi connectivity index (χ3v) is 25.6. The van der Waals surface area contributed by atoms with Crippen LogP contribution in [0.15, 0.2) is 346 Å². The number of hydrogen-bond acceptors (Lipinski definition) is 5. The molecule has 24 rings (SSSR count). The fourth-order valence-electron chi connectivity index (χ4n) is 20.4. The number of hydrogen-bond donors (Lipinski definition) is 0. The molecule has 0 fully saturated rings. The lowest BCUT2D eigenvalue weighted by atomic mass is 9.76. The van der Waals surface area contributed by atoms with Crippen LogP contribution in [-0.4, -0.2) is 34.1 Å². The van der Waals surface area contributed by atoms with Crippen LogP contribution in [0.25, 0.3) is 167 Å². The van der Waals surface area contributed by atoms with Gasteiger partial charge in [0.2, 0.25) is 0 Å². The second-order valence-electron chi connectivity index (χ2n) is 32.9. The third-order valence-electron chi connectivity index (χ3n) is 25.6. The first-order valence-corrected chi connectivity index (χ1v) is 40.5. The van der Waals surface area contributed by atoms with Gasteiger partial charge >= 0.3 is 0 Å². The van der Waals surface area contributed by atoms with Crippen molar-refractivity contribution < 1.29 is 0 Å². The highest BCUT2D eigenvalue weighted by atomic mass is 15.0. The van der Waals surface area contributed by atoms with E-state index in [0.717, 1.165) is 87.4 Å². The van der Waals surface area contributed by atoms with Gasteiger partial charge in [-0.05, 0) is 190 Å². The van der Waals surface area contributed by atoms with Gasteiger partial charge in [-0.25, -0.2) is 24.9 Å². The van der Waals surface area contributed by atoms with E-state index in [1.807, 2.05) is 36.4 Å². The lowest BCUT2D eigenvalue weighted by molar-refractivity contribution is 0.663. The first-order chi connectivity index (χ1) is 57.1. The van der Waals surface area contributed by atoms with E-state index in [-0.39, 0.29) is 10.8 Å². The molecule has 0 aliphatic heterocycles. The van der Waals surface area contributed by atoms with Gasteiger partial charge in [0.1, 0.15) is 6.33 Å². The van der Waals surface area contributed by atoms with E-state index < -0.39 is 0 Å². The average Bonchev–Trinajstić information content (AvgIpc) is 1.51. The molecule has 0 N–H and O–H groups in total. The quantitative estimate of drug-likeness (QED) is 0.152. The second-order valence-corrected chi connectivity index (χ2v) is 32.9. The fraction of sp³-hybridized carbons (Fsp3) is 0.0917. The summed E-state index contributed by atoms with van der Waals surface area (Å²) in [7, 11) is 0. The van der Waals surface area contributed by atoms with Gasteiger partial charge in [-0.15, -0.1) is 0 Å². The summed E-state index contributed by atoms with van der Waals surface area (Å²) >= 11 is 0. The van der Waals surface area contributed by atoms with E-state index in [0.29, 0.717) is 17.5 Å². The van der Waals surface area contributed by atoms with Crippen LogP contribution in [-0.2, 0) is 36.5 Å². The summed E-state index contributed by atoms with van der Waals surface area (Å²) in [5, 5.41) is 10.6. The molecule has 16 aromatic carbocycles. The Labute approximate surface area is 673 Å². The van der Waals surface area contributed by atoms with Crippen LogP contribution in [0, 0.1) is 0 Å². The Hall–Kier alpha value is -14.3. The molecule has 0 saturated heterocycles. The predicted molar refractivity (Wildman–Crippen MR) is 477 cm³/mol. The summed E-state index contributed by atoms with van der Waals surface area (Å²) in [5.41, 5.74) is 38.3. The van der Waals surface area contributed by atoms with Crippen LogP contribution in [0.2, 0.25) is 0 Å². The van der Waals surface area contributed by atoms with Gasteiger partial charge in [0.25, 0.3) is 0 Å². The fourth-order valence-corrected chi connectivity index (χ4v) is 20.4. The minimum Gasteiger partial charge on any atom is -0.309 e. The van der Waals surface area contributed by atoms with Crippen LogP contribution in [0.4, 0.5) is 0 Å². The molecule has 116 heavy (non-hydrogen) atoms. The lowest BCUT2D eigenvalue weighted by Gasteiger charge is -2.28. The van der Waals surface area contributed by atoms with Crippen molar-refractivity contribution in [2.24, 2.45) is 0 Å². The number of aromatic nitrogens is 7. The molecule has 4 aromatic heterocycles. The highest BCUT2D eigenvalue weighted by Gasteiger charge is 2.44. The van der Waals surface area contributed by atoms with Crippen LogP contribution in [0.5, 0.6) is 0 Å². The van der Waals surface area contributed by atoms with Crippen LogP contribution in [0.1, 0.15) is 94.5 Å². The summed E-state index contributed by atoms with van der Waals surface area (Å²) in [6, 6.07) is 123. The van der Waals surface area contributed by atoms with Crippen molar-refractivity contribution in [1.29, 1.82) is 0 Å². The molecule has 7 nitrogen and oxygen atoms in total. The van der Waals surface area contributed by atoms with Crippen molar-refractivity contribution in [3.63, 3.8) is 0 Å². The van der Waals surface area contributed by atoms with E-state index in [1.165, 1.54) is 154 Å². The molecule has 0 saturated carbocycles. The topological polar surface area (TPSA) is 74.3 Å². The molecular formula is C109H77N7. The molecule has 0 spiro atoms. The molecule has 548 valence electrons. The van der Waals surface area contributed by atoms with Crippen molar-refractivity contribution in [3.05, 3.63) is 413 Å². The van der Waals surface area contributed by atoms with E-state index in [2.05, 4.69) is 340 Å². The summed E-state index contributed by atoms with van der Waals surface area (Å²) < 4.78 is 5.09. The zero-order chi connectivity index (χ0) is 77.1. The zero-order valence-electron chi connectivity index (χ0n) is 64.9. The van der Waals surface area contributed by atoms with Gasteiger partial charge in [0.15, 0.2) is 17.5 Å². The SMILES string of the molecule is CC1(C)c2ccccc2-c2c1c1c(c3cc4c(cc23)Cc2ccccc2C4)c2ccccc2n1-c1cccc(-c2c(-c3ccccc3)ncnc2-c2ccccc2)c1.CC1(C)c2ccccc2-c2c3c(c4c5ccccc5n(-c5cccc(-c6nc(-c7ccccc7)nc(-c7ccccc7)n6)c5)c4c21)Cc1cc2ccccc2cc1C3. The first kappa shape index (κ1) is 67.4. The smallest absolute Gasteiger partial charge is 0.164 e. The van der Waals surface area contributed by atoms with Crippen molar-refractivity contribution in [1.82, 2.24) is 34.1 Å². The van der Waals surface area contributed by atoms with Crippen molar-refractivity contribution in [3.8, 4) is 101 Å². The summed E-state index contributed by atoms with van der Waals surface area (Å²) in [4.78, 5) is 25.1. The van der Waals surface area contributed by atoms with Gasteiger partial charge in [-0.3, -0.25) is 0 Å². The molecule has 4 aliphatic carbocycles. The van der Waals surface area contributed by atoms with Gasteiger partial charge in [0.05, 0.1) is 33.5 Å². The Kier molecular flexibility index (Phi) is 15.2. The Morgan fingerprint density at radius 2 is 0.672 bits per heavy atom. The highest BCUT2D eigenvalue weighted by molar-refractivity contribution is 6.27. The molecule has 0 atom stereocenters. The summed E-state index contributed by atoms with van der Waals surface area (Å²) in [6.45, 7) is 9.70. The van der Waals surface area contributed by atoms with Gasteiger partial charge < -0.3 is 9.13 Å². The number of nitrogens with zero attached hydrogens (tertiary/aromatic N) is 7. The van der Waals surface area contributed by atoms with Gasteiger partial charge in [-0.1, -0.05) is 319 Å². The maximum absolute atomic E-state index is 5.12. The van der Waals surface area contributed by atoms with Crippen LogP contribution < -0.4 is 0 Å². The third kappa shape index (κ3) is 10.4. The molecule has 0 bridgehead atoms. The number of para-hydroxylation sites is 2. The van der Waals surface area contributed by atoms with Crippen LogP contribution >= 0.6 is 0 Å². The van der Waals surface area contributed by atoms with Crippen LogP contribution in [0.3, 0.4) is 0 Å². The molecule has 0 unspecified atom stereocenters. The highest BCUT2D eigenvalue weighted by Crippen LogP contribution is 2.60. The molecule has 4 heterocycles. The number of fused-ring (bicyclic) bond motifs is 24. The Morgan fingerprint density at radius 3 is 1.22 bits per heavy atom. The number of benzene rings is 16. The van der Waals surface area contributed by atoms with E-state index >= 15 is 0 Å². The molecule has 0 radical (unpaired) electrons. The zero-order valence-corrected chi connectivity index (χ0v) is 64.9. The molecular weight excluding hydrogens is 1410 g/mol. The molecule has 4 aliphatic rings. The van der Waals surface area contributed by atoms with Crippen molar-refractivity contribution in [2.75, 3.05) is 0 Å². The molecule has 20 aromatic rings. The maximum atomic E-state index is 5.12. The Morgan fingerprint density at radius 1 is 0.276 bits per heavy atom. The van der Waals surface area contributed by atoms with Gasteiger partial charge in [0, 0.05) is 77.1 Å². The van der Waals surface area contributed by atoms with E-state index in [9.17, 15) is 0 Å². The second kappa shape index (κ2) is 26.2. The molecule has 7 heteroatoms. The largest absolute Gasteiger partial charge is 0.309 e. The minimum atomic E-state index is -0.237. The van der Waals surface area contributed by atoms with Crippen molar-refractivity contribution >= 4 is 65.2 Å². The Bertz CT molecular complexity index is 7380.